The molecule has 1 rings (SSSR count). The molecule has 4 nitrogen and oxygen atoms in total. The number of halogens is 2. The van der Waals surface area contributed by atoms with Crippen LogP contribution in [0.5, 0.6) is 5.75 Å². The Labute approximate surface area is 125 Å². The summed E-state index contributed by atoms with van der Waals surface area (Å²) in [6, 6.07) is 2.84. The Morgan fingerprint density at radius 3 is 2.57 bits per heavy atom. The summed E-state index contributed by atoms with van der Waals surface area (Å²) in [7, 11) is -1.06. The van der Waals surface area contributed by atoms with Crippen LogP contribution in [0.2, 0.25) is 0 Å². The van der Waals surface area contributed by atoms with Gasteiger partial charge in [0.25, 0.3) is 5.91 Å². The van der Waals surface area contributed by atoms with Gasteiger partial charge in [-0.2, -0.15) is 0 Å². The van der Waals surface area contributed by atoms with E-state index in [-0.39, 0.29) is 23.6 Å². The molecule has 0 unspecified atom stereocenters. The van der Waals surface area contributed by atoms with Crippen LogP contribution in [0.25, 0.3) is 0 Å². The molecule has 0 radical (unpaired) electrons. The van der Waals surface area contributed by atoms with Gasteiger partial charge in [0.05, 0.1) is 0 Å². The molecular formula is C14H19F2NO3S. The number of amides is 1. The van der Waals surface area contributed by atoms with Gasteiger partial charge in [-0.05, 0) is 32.9 Å². The maximum absolute atomic E-state index is 13.3. The Bertz CT molecular complexity index is 529. The summed E-state index contributed by atoms with van der Waals surface area (Å²) >= 11 is 0. The number of benzene rings is 1. The third kappa shape index (κ3) is 6.20. The highest BCUT2D eigenvalue weighted by Gasteiger charge is 2.18. The quantitative estimate of drug-likeness (QED) is 0.872. The molecule has 1 N–H and O–H groups in total. The summed E-state index contributed by atoms with van der Waals surface area (Å²) < 4.78 is 42.3. The van der Waals surface area contributed by atoms with Gasteiger partial charge in [-0.15, -0.1) is 0 Å². The van der Waals surface area contributed by atoms with Gasteiger partial charge in [0.1, 0.15) is 5.82 Å². The maximum Gasteiger partial charge on any atom is 0.257 e. The van der Waals surface area contributed by atoms with Gasteiger partial charge in [-0.1, -0.05) is 0 Å². The lowest BCUT2D eigenvalue weighted by atomic mass is 10.3. The normalized spacial score (nSPS) is 12.8. The molecule has 118 valence electrons. The Morgan fingerprint density at radius 1 is 1.33 bits per heavy atom. The fraction of sp³-hybridized carbons (Fsp3) is 0.500. The van der Waals surface area contributed by atoms with Crippen LogP contribution < -0.4 is 10.1 Å². The molecular weight excluding hydrogens is 300 g/mol. The lowest BCUT2D eigenvalue weighted by Crippen LogP contribution is -2.35. The van der Waals surface area contributed by atoms with E-state index in [1.165, 1.54) is 0 Å². The summed E-state index contributed by atoms with van der Waals surface area (Å²) in [6.45, 7) is 5.42. The molecule has 0 aliphatic heterocycles. The third-order valence-electron chi connectivity index (χ3n) is 2.55. The number of carbonyl (C=O) groups excluding carboxylic acids is 1. The van der Waals surface area contributed by atoms with E-state index >= 15 is 0 Å². The summed E-state index contributed by atoms with van der Waals surface area (Å²) in [4.78, 5) is 11.5. The van der Waals surface area contributed by atoms with Crippen LogP contribution >= 0.6 is 0 Å². The van der Waals surface area contributed by atoms with Gasteiger partial charge in [-0.25, -0.2) is 8.78 Å². The van der Waals surface area contributed by atoms with Crippen molar-refractivity contribution in [1.29, 1.82) is 0 Å². The number of hydrogen-bond acceptors (Lipinski definition) is 3. The fourth-order valence-electron chi connectivity index (χ4n) is 1.38. The number of nitrogens with one attached hydrogen (secondary N) is 1. The number of carbonyl (C=O) groups is 1. The van der Waals surface area contributed by atoms with Crippen molar-refractivity contribution in [2.24, 2.45) is 0 Å². The maximum atomic E-state index is 13.3. The van der Waals surface area contributed by atoms with Crippen LogP contribution in [0.3, 0.4) is 0 Å². The van der Waals surface area contributed by atoms with Crippen molar-refractivity contribution in [1.82, 2.24) is 5.32 Å². The van der Waals surface area contributed by atoms with E-state index in [9.17, 15) is 17.8 Å². The largest absolute Gasteiger partial charge is 0.481 e. The monoisotopic (exact) mass is 319 g/mol. The molecule has 1 aromatic rings. The van der Waals surface area contributed by atoms with Crippen LogP contribution in [0.1, 0.15) is 20.8 Å². The molecule has 0 spiro atoms. The zero-order valence-corrected chi connectivity index (χ0v) is 13.1. The molecule has 0 saturated carbocycles. The highest BCUT2D eigenvalue weighted by molar-refractivity contribution is 7.86. The summed E-state index contributed by atoms with van der Waals surface area (Å²) in [5, 5.41) is 2.53. The molecule has 0 aliphatic rings. The van der Waals surface area contributed by atoms with E-state index in [1.54, 1.807) is 0 Å². The summed E-state index contributed by atoms with van der Waals surface area (Å²) in [5.41, 5.74) is 0. The van der Waals surface area contributed by atoms with E-state index in [2.05, 4.69) is 5.32 Å². The van der Waals surface area contributed by atoms with E-state index < -0.39 is 28.3 Å². The van der Waals surface area contributed by atoms with Gasteiger partial charge < -0.3 is 10.1 Å². The Morgan fingerprint density at radius 2 is 2.00 bits per heavy atom. The minimum Gasteiger partial charge on any atom is -0.481 e. The van der Waals surface area contributed by atoms with Crippen molar-refractivity contribution in [2.75, 3.05) is 18.9 Å². The molecule has 1 aromatic carbocycles. The molecule has 0 saturated heterocycles. The molecule has 0 aliphatic carbocycles. The van der Waals surface area contributed by atoms with Crippen LogP contribution in [-0.2, 0) is 15.6 Å². The van der Waals surface area contributed by atoms with Crippen molar-refractivity contribution in [3.8, 4) is 5.75 Å². The lowest BCUT2D eigenvalue weighted by Gasteiger charge is -2.17. The predicted molar refractivity (Wildman–Crippen MR) is 77.6 cm³/mol. The van der Waals surface area contributed by atoms with Crippen molar-refractivity contribution in [3.05, 3.63) is 29.8 Å². The second-order valence-electron chi connectivity index (χ2n) is 5.38. The molecule has 0 fully saturated rings. The van der Waals surface area contributed by atoms with E-state index in [0.29, 0.717) is 11.8 Å². The van der Waals surface area contributed by atoms with E-state index in [0.717, 1.165) is 12.1 Å². The van der Waals surface area contributed by atoms with E-state index in [4.69, 9.17) is 4.74 Å². The first kappa shape index (κ1) is 17.6. The second kappa shape index (κ2) is 7.49. The Hall–Kier alpha value is -1.50. The van der Waals surface area contributed by atoms with Gasteiger partial charge in [0.2, 0.25) is 0 Å². The van der Waals surface area contributed by atoms with Gasteiger partial charge in [0, 0.05) is 33.9 Å². The fourth-order valence-corrected chi connectivity index (χ4v) is 2.28. The van der Waals surface area contributed by atoms with Crippen LogP contribution in [0, 0.1) is 11.6 Å². The van der Waals surface area contributed by atoms with Crippen molar-refractivity contribution < 1.29 is 22.5 Å². The highest BCUT2D eigenvalue weighted by Crippen LogP contribution is 2.17. The standard InChI is InChI=1S/C14H19F2NO3S/c1-14(2,3)21(19)7-6-17-13(18)9-20-12-5-4-10(15)8-11(12)16/h4-5,8H,6-7,9H2,1-3H3,(H,17,18)/t21-/m1/s1. The first-order chi connectivity index (χ1) is 9.70. The molecule has 1 atom stereocenters. The van der Waals surface area contributed by atoms with Crippen LogP contribution in [0.4, 0.5) is 8.78 Å². The SMILES string of the molecule is CC(C)(C)[S@](=O)CCNC(=O)COc1ccc(F)cc1F. The molecule has 21 heavy (non-hydrogen) atoms. The van der Waals surface area contributed by atoms with Crippen LogP contribution in [-0.4, -0.2) is 33.8 Å². The molecule has 0 aromatic heterocycles. The molecule has 0 heterocycles. The van der Waals surface area contributed by atoms with Gasteiger partial charge in [-0.3, -0.25) is 9.00 Å². The topological polar surface area (TPSA) is 55.4 Å². The highest BCUT2D eigenvalue weighted by atomic mass is 32.2. The smallest absolute Gasteiger partial charge is 0.257 e. The molecule has 7 heteroatoms. The second-order valence-corrected chi connectivity index (χ2v) is 7.70. The minimum absolute atomic E-state index is 0.190. The average Bonchev–Trinajstić information content (AvgIpc) is 2.36. The molecule has 0 bridgehead atoms. The Kier molecular flexibility index (Phi) is 6.26. The zero-order chi connectivity index (χ0) is 16.0. The van der Waals surface area contributed by atoms with Crippen molar-refractivity contribution in [3.63, 3.8) is 0 Å². The number of rotatable bonds is 6. The van der Waals surface area contributed by atoms with Crippen molar-refractivity contribution >= 4 is 16.7 Å². The zero-order valence-electron chi connectivity index (χ0n) is 12.2. The summed E-state index contributed by atoms with van der Waals surface area (Å²) in [5.74, 6) is -1.89. The first-order valence-electron chi connectivity index (χ1n) is 6.43. The summed E-state index contributed by atoms with van der Waals surface area (Å²) in [6.07, 6.45) is 0. The average molecular weight is 319 g/mol. The van der Waals surface area contributed by atoms with E-state index in [1.807, 2.05) is 20.8 Å². The van der Waals surface area contributed by atoms with Gasteiger partial charge >= 0.3 is 0 Å². The van der Waals surface area contributed by atoms with Crippen LogP contribution in [0.15, 0.2) is 18.2 Å². The van der Waals surface area contributed by atoms with Crippen molar-refractivity contribution in [2.45, 2.75) is 25.5 Å². The third-order valence-corrected chi connectivity index (χ3v) is 4.49. The minimum atomic E-state index is -1.06. The molecule has 1 amide bonds. The van der Waals surface area contributed by atoms with Gasteiger partial charge in [0.15, 0.2) is 18.2 Å². The number of ether oxygens (including phenoxy) is 1. The predicted octanol–water partition coefficient (Wildman–Crippen LogP) is 2.01. The first-order valence-corrected chi connectivity index (χ1v) is 7.75. The number of hydrogen-bond donors (Lipinski definition) is 1. The lowest BCUT2D eigenvalue weighted by molar-refractivity contribution is -0.123. The Balaban J connectivity index is 2.33.